The lowest BCUT2D eigenvalue weighted by molar-refractivity contribution is -0.144. The molecule has 3 fully saturated rings. The van der Waals surface area contributed by atoms with Gasteiger partial charge < -0.3 is 55.0 Å². The van der Waals surface area contributed by atoms with Crippen molar-refractivity contribution in [3.8, 4) is 21.6 Å². The van der Waals surface area contributed by atoms with Crippen LogP contribution in [-0.4, -0.2) is 158 Å². The number of β-amino-alcohol motifs (C(OH)–C–C–N with tert-alkyl or cyclic N) is 1. The lowest BCUT2D eigenvalue weighted by atomic mass is 9.85. The Balaban J connectivity index is 0.771. The molecule has 18 nitrogen and oxygen atoms in total. The normalized spacial score (nSPS) is 17.6. The number of pyridine rings is 1. The molecule has 430 valence electrons. The van der Waals surface area contributed by atoms with Crippen LogP contribution in [0, 0.1) is 33.1 Å². The molecule has 0 bridgehead atoms. The van der Waals surface area contributed by atoms with Crippen LogP contribution in [0.1, 0.15) is 91.0 Å². The van der Waals surface area contributed by atoms with Crippen molar-refractivity contribution < 1.29 is 38.5 Å². The molecule has 1 unspecified atom stereocenters. The highest BCUT2D eigenvalue weighted by molar-refractivity contribution is 7.13. The minimum absolute atomic E-state index is 0.0135. The monoisotopic (exact) mass is 1120 g/mol. The number of aromatic amines is 1. The minimum Gasteiger partial charge on any atom is -0.391 e. The van der Waals surface area contributed by atoms with E-state index in [9.17, 15) is 29.1 Å². The van der Waals surface area contributed by atoms with Crippen molar-refractivity contribution in [3.05, 3.63) is 122 Å². The summed E-state index contributed by atoms with van der Waals surface area (Å²) >= 11 is 1.57. The van der Waals surface area contributed by atoms with Crippen LogP contribution in [0.5, 0.6) is 0 Å². The van der Waals surface area contributed by atoms with E-state index >= 15 is 0 Å². The van der Waals surface area contributed by atoms with Gasteiger partial charge in [-0.05, 0) is 117 Å². The number of aromatic nitrogens is 2. The number of thiazole rings is 1. The van der Waals surface area contributed by atoms with Crippen molar-refractivity contribution in [2.24, 2.45) is 5.41 Å². The second kappa shape index (κ2) is 27.3. The van der Waals surface area contributed by atoms with Crippen molar-refractivity contribution in [2.45, 2.75) is 112 Å². The summed E-state index contributed by atoms with van der Waals surface area (Å²) < 4.78 is 17.3. The zero-order valence-corrected chi connectivity index (χ0v) is 48.6. The van der Waals surface area contributed by atoms with Crippen LogP contribution in [-0.2, 0) is 41.7 Å². The van der Waals surface area contributed by atoms with Gasteiger partial charge in [-0.1, -0.05) is 57.2 Å². The topological polar surface area (TPSA) is 211 Å². The van der Waals surface area contributed by atoms with E-state index in [1.54, 1.807) is 11.3 Å². The first-order valence-corrected chi connectivity index (χ1v) is 29.0. The van der Waals surface area contributed by atoms with Gasteiger partial charge in [0.2, 0.25) is 17.7 Å². The van der Waals surface area contributed by atoms with Crippen molar-refractivity contribution in [1.29, 1.82) is 0 Å². The molecule has 0 aliphatic carbocycles. The van der Waals surface area contributed by atoms with Gasteiger partial charge in [-0.15, -0.1) is 11.3 Å². The summed E-state index contributed by atoms with van der Waals surface area (Å²) in [5.74, 6) is -1.49. The molecule has 8 rings (SSSR count). The predicted octanol–water partition coefficient (Wildman–Crippen LogP) is 6.30. The Morgan fingerprint density at radius 3 is 2.24 bits per heavy atom. The quantitative estimate of drug-likeness (QED) is 0.0483. The first-order chi connectivity index (χ1) is 38.4. The van der Waals surface area contributed by atoms with Crippen LogP contribution in [0.4, 0.5) is 11.4 Å². The number of carbonyl (C=O) groups excluding carboxylic acids is 4. The van der Waals surface area contributed by atoms with Crippen LogP contribution < -0.4 is 31.3 Å². The van der Waals surface area contributed by atoms with Gasteiger partial charge in [-0.25, -0.2) is 4.98 Å². The predicted molar refractivity (Wildman–Crippen MR) is 313 cm³/mol. The highest BCUT2D eigenvalue weighted by atomic mass is 32.1. The lowest BCUT2D eigenvalue weighted by Crippen LogP contribution is -2.58. The third-order valence-corrected chi connectivity index (χ3v) is 16.6. The zero-order chi connectivity index (χ0) is 57.1. The highest BCUT2D eigenvalue weighted by Gasteiger charge is 2.44. The van der Waals surface area contributed by atoms with Crippen molar-refractivity contribution in [3.63, 3.8) is 0 Å². The number of likely N-dealkylation sites (tertiary alicyclic amines) is 1. The van der Waals surface area contributed by atoms with Crippen LogP contribution in [0.3, 0.4) is 0 Å². The van der Waals surface area contributed by atoms with Crippen molar-refractivity contribution >= 4 is 46.3 Å². The average molecular weight is 1120 g/mol. The summed E-state index contributed by atoms with van der Waals surface area (Å²) in [6, 6.07) is 21.0. The van der Waals surface area contributed by atoms with Crippen LogP contribution in [0.25, 0.3) is 21.6 Å². The number of anilines is 2. The third kappa shape index (κ3) is 15.1. The maximum atomic E-state index is 14.1. The second-order valence-electron chi connectivity index (χ2n) is 22.4. The fourth-order valence-electron chi connectivity index (χ4n) is 11.0. The van der Waals surface area contributed by atoms with Gasteiger partial charge in [-0.3, -0.25) is 28.9 Å². The Kier molecular flexibility index (Phi) is 20.4. The van der Waals surface area contributed by atoms with Gasteiger partial charge in [0.15, 0.2) is 0 Å². The Morgan fingerprint density at radius 2 is 1.57 bits per heavy atom. The van der Waals surface area contributed by atoms with E-state index in [1.165, 1.54) is 4.90 Å². The van der Waals surface area contributed by atoms with E-state index in [0.29, 0.717) is 43.6 Å². The van der Waals surface area contributed by atoms with E-state index in [1.807, 2.05) is 90.4 Å². The summed E-state index contributed by atoms with van der Waals surface area (Å²) in [7, 11) is 0. The largest absolute Gasteiger partial charge is 0.391 e. The number of benzene rings is 3. The fourth-order valence-corrected chi connectivity index (χ4v) is 11.9. The molecule has 3 aromatic carbocycles. The summed E-state index contributed by atoms with van der Waals surface area (Å²) in [5.41, 5.74) is 11.6. The summed E-state index contributed by atoms with van der Waals surface area (Å²) in [6.45, 7) is 22.9. The summed E-state index contributed by atoms with van der Waals surface area (Å²) in [6.07, 6.45) is 1.06. The number of carbonyl (C=O) groups is 4. The maximum Gasteiger partial charge on any atom is 0.253 e. The Bertz CT molecular complexity index is 2980. The smallest absolute Gasteiger partial charge is 0.253 e. The number of aliphatic hydroxyl groups excluding tert-OH is 1. The second-order valence-corrected chi connectivity index (χ2v) is 23.3. The molecule has 5 aromatic rings. The molecule has 0 radical (unpaired) electrons. The van der Waals surface area contributed by atoms with E-state index in [0.717, 1.165) is 113 Å². The van der Waals surface area contributed by atoms with Gasteiger partial charge in [0.25, 0.3) is 11.5 Å². The van der Waals surface area contributed by atoms with Crippen LogP contribution in [0.15, 0.2) is 77.0 Å². The number of piperazine rings is 1. The van der Waals surface area contributed by atoms with Gasteiger partial charge in [0, 0.05) is 113 Å². The molecule has 4 amide bonds. The Labute approximate surface area is 474 Å². The molecule has 0 saturated carbocycles. The van der Waals surface area contributed by atoms with Gasteiger partial charge >= 0.3 is 0 Å². The lowest BCUT2D eigenvalue weighted by Gasteiger charge is -2.37. The number of rotatable bonds is 22. The SMILES string of the molecule is CCN(c1cc(-c2ccc(N3CCN(CCOCCOCC(=O)NC(C(=O)N4C[C@H](O)C[C@H]4C(=O)NCc4ccc(-c5scnc5C)cc4)C(C)(C)C)CC3)cc2)cc(C(=O)NCc2c(C)cc(C)[nH]c2=O)c1C)C1CCOCC1. The van der Waals surface area contributed by atoms with Gasteiger partial charge in [0.05, 0.1) is 42.0 Å². The number of nitrogens with zero attached hydrogens (tertiary/aromatic N) is 5. The first kappa shape index (κ1) is 59.6. The molecule has 80 heavy (non-hydrogen) atoms. The van der Waals surface area contributed by atoms with E-state index in [4.69, 9.17) is 14.2 Å². The van der Waals surface area contributed by atoms with E-state index in [2.05, 4.69) is 77.9 Å². The van der Waals surface area contributed by atoms with Crippen LogP contribution >= 0.6 is 11.3 Å². The van der Waals surface area contributed by atoms with Crippen LogP contribution in [0.2, 0.25) is 0 Å². The molecule has 3 aliphatic rings. The zero-order valence-electron chi connectivity index (χ0n) is 47.8. The first-order valence-electron chi connectivity index (χ1n) is 28.1. The summed E-state index contributed by atoms with van der Waals surface area (Å²) in [5, 5.41) is 19.5. The molecule has 0 spiro atoms. The number of amides is 4. The third-order valence-electron chi connectivity index (χ3n) is 15.6. The molecule has 2 aromatic heterocycles. The van der Waals surface area contributed by atoms with Crippen molar-refractivity contribution in [1.82, 2.24) is 35.7 Å². The molecule has 3 aliphatic heterocycles. The molecule has 5 heterocycles. The Morgan fingerprint density at radius 1 is 0.875 bits per heavy atom. The number of hydrogen-bond donors (Lipinski definition) is 5. The number of hydrogen-bond acceptors (Lipinski definition) is 14. The minimum atomic E-state index is -0.962. The van der Waals surface area contributed by atoms with E-state index < -0.39 is 35.4 Å². The summed E-state index contributed by atoms with van der Waals surface area (Å²) in [4.78, 5) is 84.5. The molecule has 19 heteroatoms. The fraction of sp³-hybridized carbons (Fsp3) is 0.508. The molecule has 3 atom stereocenters. The molecule has 3 saturated heterocycles. The molecular weight excluding hydrogens is 1030 g/mol. The number of H-pyrrole nitrogens is 1. The average Bonchev–Trinajstić information content (AvgIpc) is 4.09. The number of nitrogens with one attached hydrogen (secondary N) is 4. The molecule has 5 N–H and O–H groups in total. The standard InChI is InChI=1S/C61H81N9O9S/c1-9-69(48-18-25-77-26-19-48)52-32-46(31-50(41(52)4)57(73)63-35-51-39(2)30-40(3)65-58(51)74)44-14-16-47(17-15-44)68-22-20-67(21-23-68)24-27-78-28-29-79-37-54(72)66-56(61(6,7)8)60(76)70-36-49(71)33-53(70)59(75)62-34-43-10-12-45(13-11-43)55-42(5)64-38-80-55/h10-17,30-32,38,48-49,53,56,71H,9,18-29,33-37H2,1-8H3,(H,62,75)(H,63,73)(H,65,74)(H,66,72)/t49-,53+,56?/m1/s1. The highest BCUT2D eigenvalue weighted by Crippen LogP contribution is 2.35. The van der Waals surface area contributed by atoms with E-state index in [-0.39, 0.29) is 56.6 Å². The number of aryl methyl sites for hydroxylation is 3. The molecular formula is C61H81N9O9S. The Hall–Kier alpha value is -6.48. The number of ether oxygens (including phenoxy) is 3. The van der Waals surface area contributed by atoms with Gasteiger partial charge in [-0.2, -0.15) is 0 Å². The number of aliphatic hydroxyl groups is 1. The van der Waals surface area contributed by atoms with Gasteiger partial charge in [0.1, 0.15) is 18.7 Å². The maximum absolute atomic E-state index is 14.1. The van der Waals surface area contributed by atoms with Crippen molar-refractivity contribution in [2.75, 3.05) is 95.3 Å².